The van der Waals surface area contributed by atoms with Crippen molar-refractivity contribution in [3.8, 4) is 11.5 Å². The van der Waals surface area contributed by atoms with Crippen molar-refractivity contribution in [2.75, 3.05) is 20.3 Å². The third kappa shape index (κ3) is 5.18. The number of carbonyl (C=O) groups excluding carboxylic acids is 3. The maximum atomic E-state index is 12.5. The summed E-state index contributed by atoms with van der Waals surface area (Å²) in [6, 6.07) is 8.90. The van der Waals surface area contributed by atoms with E-state index in [2.05, 4.69) is 4.98 Å². The zero-order chi connectivity index (χ0) is 21.5. The number of aromatic nitrogens is 1. The number of nitrogens with zero attached hydrogens (tertiary/aromatic N) is 2. The summed E-state index contributed by atoms with van der Waals surface area (Å²) in [5.74, 6) is -0.126. The molecular weight excluding hydrogens is 408 g/mol. The number of imide groups is 1. The lowest BCUT2D eigenvalue weighted by atomic mass is 10.2. The summed E-state index contributed by atoms with van der Waals surface area (Å²) in [6.45, 7) is 1.79. The molecule has 0 saturated carbocycles. The molecule has 1 aromatic heterocycles. The quantitative estimate of drug-likeness (QED) is 0.467. The van der Waals surface area contributed by atoms with Crippen molar-refractivity contribution in [3.63, 3.8) is 0 Å². The highest BCUT2D eigenvalue weighted by Crippen LogP contribution is 2.34. The minimum atomic E-state index is -0.626. The lowest BCUT2D eigenvalue weighted by molar-refractivity contribution is -0.145. The average molecular weight is 428 g/mol. The Bertz CT molecular complexity index is 977. The third-order valence-corrected chi connectivity index (χ3v) is 5.00. The molecule has 2 aromatic rings. The number of methoxy groups -OCH3 is 1. The fourth-order valence-corrected chi connectivity index (χ4v) is 3.49. The van der Waals surface area contributed by atoms with Gasteiger partial charge in [-0.05, 0) is 60.2 Å². The molecule has 0 radical (unpaired) electrons. The van der Waals surface area contributed by atoms with Gasteiger partial charge in [-0.1, -0.05) is 6.07 Å². The molecule has 0 bridgehead atoms. The van der Waals surface area contributed by atoms with Gasteiger partial charge in [-0.25, -0.2) is 0 Å². The molecule has 1 aromatic carbocycles. The molecule has 1 saturated heterocycles. The van der Waals surface area contributed by atoms with E-state index in [1.54, 1.807) is 43.6 Å². The van der Waals surface area contributed by atoms with Gasteiger partial charge in [0.1, 0.15) is 13.2 Å². The van der Waals surface area contributed by atoms with Gasteiger partial charge >= 0.3 is 5.97 Å². The molecule has 8 nitrogen and oxygen atoms in total. The van der Waals surface area contributed by atoms with Crippen LogP contribution in [0.2, 0.25) is 0 Å². The van der Waals surface area contributed by atoms with E-state index < -0.39 is 23.7 Å². The molecule has 0 unspecified atom stereocenters. The molecular formula is C21H20N2O6S. The predicted molar refractivity (Wildman–Crippen MR) is 111 cm³/mol. The number of thioether (sulfide) groups is 1. The Morgan fingerprint density at radius 2 is 1.93 bits per heavy atom. The Morgan fingerprint density at radius 1 is 1.17 bits per heavy atom. The molecule has 1 fully saturated rings. The van der Waals surface area contributed by atoms with Crippen LogP contribution in [0.25, 0.3) is 6.08 Å². The predicted octanol–water partition coefficient (Wildman–Crippen LogP) is 3.27. The standard InChI is InChI=1S/C21H20N2O6S/c1-3-28-19(24)12-23-20(25)18(30-21(23)26)11-15-4-5-16(17(10-15)27-2)29-13-14-6-8-22-9-7-14/h4-11H,3,12-13H2,1-2H3/b18-11+. The maximum Gasteiger partial charge on any atom is 0.326 e. The van der Waals surface area contributed by atoms with E-state index >= 15 is 0 Å². The Balaban J connectivity index is 1.73. The summed E-state index contributed by atoms with van der Waals surface area (Å²) in [6.07, 6.45) is 4.95. The minimum Gasteiger partial charge on any atom is -0.493 e. The second kappa shape index (κ2) is 9.93. The van der Waals surface area contributed by atoms with Gasteiger partial charge in [0, 0.05) is 12.4 Å². The van der Waals surface area contributed by atoms with Crippen molar-refractivity contribution in [1.29, 1.82) is 0 Å². The lowest BCUT2D eigenvalue weighted by Crippen LogP contribution is -2.34. The van der Waals surface area contributed by atoms with Gasteiger partial charge in [0.15, 0.2) is 11.5 Å². The zero-order valence-electron chi connectivity index (χ0n) is 16.5. The SMILES string of the molecule is CCOC(=O)CN1C(=O)S/C(=C/c2ccc(OCc3ccncc3)c(OC)c2)C1=O. The van der Waals surface area contributed by atoms with Gasteiger partial charge in [0.25, 0.3) is 11.1 Å². The molecule has 2 amide bonds. The monoisotopic (exact) mass is 428 g/mol. The van der Waals surface area contributed by atoms with Crippen LogP contribution in [0.5, 0.6) is 11.5 Å². The second-order valence-corrected chi connectivity index (χ2v) is 7.12. The van der Waals surface area contributed by atoms with Crippen LogP contribution >= 0.6 is 11.8 Å². The van der Waals surface area contributed by atoms with E-state index in [-0.39, 0.29) is 11.5 Å². The normalized spacial score (nSPS) is 14.9. The van der Waals surface area contributed by atoms with Gasteiger partial charge < -0.3 is 14.2 Å². The fourth-order valence-electron chi connectivity index (χ4n) is 2.66. The molecule has 1 aliphatic heterocycles. The molecule has 30 heavy (non-hydrogen) atoms. The van der Waals surface area contributed by atoms with Gasteiger partial charge in [-0.2, -0.15) is 0 Å². The van der Waals surface area contributed by atoms with E-state index in [0.29, 0.717) is 23.7 Å². The molecule has 1 aliphatic rings. The van der Waals surface area contributed by atoms with Crippen molar-refractivity contribution in [3.05, 3.63) is 58.8 Å². The average Bonchev–Trinajstić information content (AvgIpc) is 3.01. The molecule has 0 N–H and O–H groups in total. The maximum absolute atomic E-state index is 12.5. The number of pyridine rings is 1. The highest BCUT2D eigenvalue weighted by molar-refractivity contribution is 8.18. The van der Waals surface area contributed by atoms with Crippen LogP contribution in [-0.2, 0) is 20.9 Å². The highest BCUT2D eigenvalue weighted by atomic mass is 32.2. The number of ether oxygens (including phenoxy) is 3. The van der Waals surface area contributed by atoms with Crippen LogP contribution in [-0.4, -0.2) is 47.3 Å². The molecule has 9 heteroatoms. The van der Waals surface area contributed by atoms with Gasteiger partial charge in [-0.15, -0.1) is 0 Å². The first-order chi connectivity index (χ1) is 14.5. The van der Waals surface area contributed by atoms with E-state index in [0.717, 1.165) is 22.2 Å². The molecule has 3 rings (SSSR count). The largest absolute Gasteiger partial charge is 0.493 e. The summed E-state index contributed by atoms with van der Waals surface area (Å²) in [4.78, 5) is 41.2. The van der Waals surface area contributed by atoms with Crippen LogP contribution in [0.15, 0.2) is 47.6 Å². The van der Waals surface area contributed by atoms with Crippen LogP contribution in [0.3, 0.4) is 0 Å². The second-order valence-electron chi connectivity index (χ2n) is 6.13. The Labute approximate surface area is 177 Å². The number of carbonyl (C=O) groups is 3. The summed E-state index contributed by atoms with van der Waals surface area (Å²) >= 11 is 0.775. The van der Waals surface area contributed by atoms with Crippen molar-refractivity contribution < 1.29 is 28.6 Å². The summed E-state index contributed by atoms with van der Waals surface area (Å²) < 4.78 is 16.0. The van der Waals surface area contributed by atoms with Crippen LogP contribution in [0, 0.1) is 0 Å². The number of hydrogen-bond acceptors (Lipinski definition) is 8. The van der Waals surface area contributed by atoms with Crippen molar-refractivity contribution in [2.45, 2.75) is 13.5 Å². The summed E-state index contributed by atoms with van der Waals surface area (Å²) in [7, 11) is 1.52. The smallest absolute Gasteiger partial charge is 0.326 e. The fraction of sp³-hybridized carbons (Fsp3) is 0.238. The van der Waals surface area contributed by atoms with Crippen LogP contribution in [0.1, 0.15) is 18.1 Å². The topological polar surface area (TPSA) is 95.0 Å². The summed E-state index contributed by atoms with van der Waals surface area (Å²) in [5.41, 5.74) is 1.62. The number of amides is 2. The first-order valence-electron chi connectivity index (χ1n) is 9.12. The lowest BCUT2D eigenvalue weighted by Gasteiger charge is -2.12. The molecule has 156 valence electrons. The number of esters is 1. The first-order valence-corrected chi connectivity index (χ1v) is 9.94. The minimum absolute atomic E-state index is 0.181. The Hall–Kier alpha value is -3.33. The van der Waals surface area contributed by atoms with Gasteiger partial charge in [-0.3, -0.25) is 24.3 Å². The molecule has 0 atom stereocenters. The van der Waals surface area contributed by atoms with Crippen LogP contribution < -0.4 is 9.47 Å². The van der Waals surface area contributed by atoms with Crippen molar-refractivity contribution in [2.24, 2.45) is 0 Å². The first kappa shape index (κ1) is 21.4. The summed E-state index contributed by atoms with van der Waals surface area (Å²) in [5, 5.41) is -0.511. The third-order valence-electron chi connectivity index (χ3n) is 4.10. The van der Waals surface area contributed by atoms with E-state index in [1.807, 2.05) is 12.1 Å². The molecule has 0 spiro atoms. The van der Waals surface area contributed by atoms with Crippen molar-refractivity contribution >= 4 is 35.0 Å². The van der Waals surface area contributed by atoms with E-state index in [9.17, 15) is 14.4 Å². The molecule has 0 aliphatic carbocycles. The number of rotatable bonds is 8. The van der Waals surface area contributed by atoms with E-state index in [4.69, 9.17) is 14.2 Å². The van der Waals surface area contributed by atoms with Crippen LogP contribution in [0.4, 0.5) is 4.79 Å². The van der Waals surface area contributed by atoms with Gasteiger partial charge in [0.2, 0.25) is 0 Å². The highest BCUT2D eigenvalue weighted by Gasteiger charge is 2.36. The number of hydrogen-bond donors (Lipinski definition) is 0. The zero-order valence-corrected chi connectivity index (χ0v) is 17.3. The Morgan fingerprint density at radius 3 is 2.63 bits per heavy atom. The van der Waals surface area contributed by atoms with E-state index in [1.165, 1.54) is 7.11 Å². The number of benzene rings is 1. The van der Waals surface area contributed by atoms with Crippen molar-refractivity contribution in [1.82, 2.24) is 9.88 Å². The Kier molecular flexibility index (Phi) is 7.08. The molecule has 2 heterocycles. The van der Waals surface area contributed by atoms with Gasteiger partial charge in [0.05, 0.1) is 18.6 Å².